The molecule has 20 heavy (non-hydrogen) atoms. The summed E-state index contributed by atoms with van der Waals surface area (Å²) in [6.45, 7) is 3.76. The maximum atomic E-state index is 5.89. The van der Waals surface area contributed by atoms with Gasteiger partial charge < -0.3 is 15.8 Å². The molecule has 0 saturated heterocycles. The lowest BCUT2D eigenvalue weighted by Gasteiger charge is -2.11. The number of hydrogen-bond donors (Lipinski definition) is 2. The predicted molar refractivity (Wildman–Crippen MR) is 82.4 cm³/mol. The van der Waals surface area contributed by atoms with Gasteiger partial charge in [-0.05, 0) is 48.0 Å². The number of nitrogen functional groups attached to an aromatic ring is 1. The largest absolute Gasteiger partial charge is 0.461 e. The van der Waals surface area contributed by atoms with E-state index in [0.29, 0.717) is 11.0 Å². The van der Waals surface area contributed by atoms with Crippen LogP contribution < -0.4 is 15.8 Å². The lowest BCUT2D eigenvalue weighted by atomic mass is 10.3. The lowest BCUT2D eigenvalue weighted by molar-refractivity contribution is 0.222. The molecule has 0 atom stereocenters. The Morgan fingerprint density at radius 2 is 2.05 bits per heavy atom. The van der Waals surface area contributed by atoms with Gasteiger partial charge in [0.2, 0.25) is 11.9 Å². The zero-order chi connectivity index (χ0) is 14.7. The number of benzene rings is 1. The van der Waals surface area contributed by atoms with Crippen molar-refractivity contribution in [1.82, 2.24) is 15.0 Å². The van der Waals surface area contributed by atoms with Gasteiger partial charge in [-0.15, -0.1) is 0 Å². The SMILES string of the molecule is CC(C)Oc1nc(N)nc(Nc2ccc(Cl)cc2Br)n1. The molecule has 2 aromatic rings. The van der Waals surface area contributed by atoms with E-state index in [2.05, 4.69) is 36.2 Å². The average Bonchev–Trinajstić information content (AvgIpc) is 2.31. The number of nitrogens with one attached hydrogen (secondary N) is 1. The number of ether oxygens (including phenoxy) is 1. The van der Waals surface area contributed by atoms with E-state index in [1.165, 1.54) is 0 Å². The van der Waals surface area contributed by atoms with Crippen LogP contribution in [-0.2, 0) is 0 Å². The van der Waals surface area contributed by atoms with Crippen molar-refractivity contribution >= 4 is 45.1 Å². The normalized spacial score (nSPS) is 10.7. The van der Waals surface area contributed by atoms with Crippen LogP contribution in [0.25, 0.3) is 0 Å². The Hall–Kier alpha value is -1.60. The second kappa shape index (κ2) is 6.23. The molecule has 1 heterocycles. The van der Waals surface area contributed by atoms with E-state index in [-0.39, 0.29) is 18.1 Å². The number of aromatic nitrogens is 3. The molecule has 0 bridgehead atoms. The van der Waals surface area contributed by atoms with Crippen LogP contribution >= 0.6 is 27.5 Å². The number of rotatable bonds is 4. The quantitative estimate of drug-likeness (QED) is 0.871. The third kappa shape index (κ3) is 3.94. The Balaban J connectivity index is 2.26. The Kier molecular flexibility index (Phi) is 4.61. The van der Waals surface area contributed by atoms with Gasteiger partial charge in [0.15, 0.2) is 0 Å². The van der Waals surface area contributed by atoms with Crippen molar-refractivity contribution in [2.24, 2.45) is 0 Å². The zero-order valence-electron chi connectivity index (χ0n) is 10.9. The van der Waals surface area contributed by atoms with E-state index >= 15 is 0 Å². The van der Waals surface area contributed by atoms with Crippen LogP contribution in [0.15, 0.2) is 22.7 Å². The van der Waals surface area contributed by atoms with Gasteiger partial charge in [-0.2, -0.15) is 15.0 Å². The van der Waals surface area contributed by atoms with Crippen LogP contribution in [0.5, 0.6) is 6.01 Å². The number of halogens is 2. The van der Waals surface area contributed by atoms with Gasteiger partial charge in [-0.3, -0.25) is 0 Å². The van der Waals surface area contributed by atoms with Crippen LogP contribution in [0.2, 0.25) is 5.02 Å². The van der Waals surface area contributed by atoms with Gasteiger partial charge in [0.05, 0.1) is 11.8 Å². The maximum Gasteiger partial charge on any atom is 0.323 e. The van der Waals surface area contributed by atoms with Crippen molar-refractivity contribution < 1.29 is 4.74 Å². The Labute approximate surface area is 129 Å². The maximum absolute atomic E-state index is 5.89. The summed E-state index contributed by atoms with van der Waals surface area (Å²) in [5.74, 6) is 0.388. The topological polar surface area (TPSA) is 86.0 Å². The van der Waals surface area contributed by atoms with Gasteiger partial charge in [0, 0.05) is 9.50 Å². The van der Waals surface area contributed by atoms with Crippen molar-refractivity contribution in [3.8, 4) is 6.01 Å². The summed E-state index contributed by atoms with van der Waals surface area (Å²) in [6, 6.07) is 5.50. The summed E-state index contributed by atoms with van der Waals surface area (Å²) in [6.07, 6.45) is -0.0491. The first-order valence-electron chi connectivity index (χ1n) is 5.84. The van der Waals surface area contributed by atoms with E-state index in [0.717, 1.165) is 10.2 Å². The molecule has 0 amide bonds. The van der Waals surface area contributed by atoms with Crippen LogP contribution in [0.4, 0.5) is 17.6 Å². The van der Waals surface area contributed by atoms with Crippen molar-refractivity contribution in [3.63, 3.8) is 0 Å². The molecule has 1 aromatic heterocycles. The lowest BCUT2D eigenvalue weighted by Crippen LogP contribution is -2.11. The molecule has 0 saturated carbocycles. The molecular formula is C12H13BrClN5O. The van der Waals surface area contributed by atoms with Gasteiger partial charge >= 0.3 is 6.01 Å². The molecule has 0 unspecified atom stereocenters. The minimum atomic E-state index is -0.0491. The van der Waals surface area contributed by atoms with Crippen molar-refractivity contribution in [2.45, 2.75) is 20.0 Å². The summed E-state index contributed by atoms with van der Waals surface area (Å²) in [4.78, 5) is 12.1. The average molecular weight is 359 g/mol. The van der Waals surface area contributed by atoms with E-state index < -0.39 is 0 Å². The molecule has 2 rings (SSSR count). The number of anilines is 3. The highest BCUT2D eigenvalue weighted by atomic mass is 79.9. The molecule has 3 N–H and O–H groups in total. The fourth-order valence-corrected chi connectivity index (χ4v) is 2.18. The van der Waals surface area contributed by atoms with Gasteiger partial charge in [-0.1, -0.05) is 11.6 Å². The molecule has 6 nitrogen and oxygen atoms in total. The number of hydrogen-bond acceptors (Lipinski definition) is 6. The van der Waals surface area contributed by atoms with Crippen molar-refractivity contribution in [3.05, 3.63) is 27.7 Å². The predicted octanol–water partition coefficient (Wildman–Crippen LogP) is 3.40. The van der Waals surface area contributed by atoms with E-state index in [4.69, 9.17) is 22.1 Å². The monoisotopic (exact) mass is 357 g/mol. The molecule has 0 radical (unpaired) electrons. The highest BCUT2D eigenvalue weighted by Crippen LogP contribution is 2.28. The summed E-state index contributed by atoms with van der Waals surface area (Å²) < 4.78 is 6.20. The van der Waals surface area contributed by atoms with Crippen LogP contribution in [0, 0.1) is 0 Å². The first-order chi connectivity index (χ1) is 9.44. The van der Waals surface area contributed by atoms with Gasteiger partial charge in [-0.25, -0.2) is 0 Å². The number of nitrogens with two attached hydrogens (primary N) is 1. The highest BCUT2D eigenvalue weighted by Gasteiger charge is 2.09. The molecule has 106 valence electrons. The summed E-state index contributed by atoms with van der Waals surface area (Å²) in [7, 11) is 0. The second-order valence-corrected chi connectivity index (χ2v) is 5.51. The molecule has 0 aliphatic carbocycles. The van der Waals surface area contributed by atoms with Crippen molar-refractivity contribution in [2.75, 3.05) is 11.1 Å². The number of nitrogens with zero attached hydrogens (tertiary/aromatic N) is 3. The second-order valence-electron chi connectivity index (χ2n) is 4.22. The van der Waals surface area contributed by atoms with E-state index in [9.17, 15) is 0 Å². The molecule has 0 spiro atoms. The minimum Gasteiger partial charge on any atom is -0.461 e. The fourth-order valence-electron chi connectivity index (χ4n) is 1.40. The van der Waals surface area contributed by atoms with Crippen LogP contribution in [-0.4, -0.2) is 21.1 Å². The first kappa shape index (κ1) is 14.8. The van der Waals surface area contributed by atoms with Gasteiger partial charge in [0.1, 0.15) is 0 Å². The summed E-state index contributed by atoms with van der Waals surface area (Å²) in [5.41, 5.74) is 6.40. The Bertz CT molecular complexity index is 623. The minimum absolute atomic E-state index is 0.0491. The first-order valence-corrected chi connectivity index (χ1v) is 7.01. The fraction of sp³-hybridized carbons (Fsp3) is 0.250. The third-order valence-corrected chi connectivity index (χ3v) is 3.04. The Morgan fingerprint density at radius 1 is 1.30 bits per heavy atom. The van der Waals surface area contributed by atoms with Gasteiger partial charge in [0.25, 0.3) is 0 Å². The summed E-state index contributed by atoms with van der Waals surface area (Å²) >= 11 is 9.29. The van der Waals surface area contributed by atoms with Crippen LogP contribution in [0.3, 0.4) is 0 Å². The van der Waals surface area contributed by atoms with Crippen molar-refractivity contribution in [1.29, 1.82) is 0 Å². The summed E-state index contributed by atoms with van der Waals surface area (Å²) in [5, 5.41) is 3.65. The molecule has 1 aromatic carbocycles. The van der Waals surface area contributed by atoms with E-state index in [1.807, 2.05) is 13.8 Å². The Morgan fingerprint density at radius 3 is 2.70 bits per heavy atom. The zero-order valence-corrected chi connectivity index (χ0v) is 13.2. The molecule has 0 fully saturated rings. The van der Waals surface area contributed by atoms with E-state index in [1.54, 1.807) is 18.2 Å². The molecule has 0 aliphatic heterocycles. The smallest absolute Gasteiger partial charge is 0.323 e. The highest BCUT2D eigenvalue weighted by molar-refractivity contribution is 9.10. The third-order valence-electron chi connectivity index (χ3n) is 2.15. The molecule has 8 heteroatoms. The molecular weight excluding hydrogens is 346 g/mol. The molecule has 0 aliphatic rings. The standard InChI is InChI=1S/C12H13BrClN5O/c1-6(2)20-12-18-10(15)17-11(19-12)16-9-4-3-7(14)5-8(9)13/h3-6H,1-2H3,(H3,15,16,17,18,19). The van der Waals surface area contributed by atoms with Crippen LogP contribution in [0.1, 0.15) is 13.8 Å².